The van der Waals surface area contributed by atoms with Crippen LogP contribution < -0.4 is 10.6 Å². The fourth-order valence-corrected chi connectivity index (χ4v) is 5.81. The molecule has 6 rings (SSSR count). The summed E-state index contributed by atoms with van der Waals surface area (Å²) < 4.78 is 0. The third-order valence-corrected chi connectivity index (χ3v) is 7.61. The Labute approximate surface area is 188 Å². The lowest BCUT2D eigenvalue weighted by Crippen LogP contribution is -2.37. The molecule has 2 aromatic carbocycles. The summed E-state index contributed by atoms with van der Waals surface area (Å²) in [6, 6.07) is 13.0. The number of hydrogen-bond donors (Lipinski definition) is 2. The zero-order valence-corrected chi connectivity index (χ0v) is 18.2. The number of aryl methyl sites for hydroxylation is 1. The van der Waals surface area contributed by atoms with Crippen LogP contribution in [0, 0.1) is 0 Å². The van der Waals surface area contributed by atoms with Gasteiger partial charge in [0.25, 0.3) is 0 Å². The number of Topliss-reactive ketones (excluding diaryl/α,β-unsaturated/α-hetero) is 2. The molecule has 4 heteroatoms. The Morgan fingerprint density at radius 3 is 2.47 bits per heavy atom. The van der Waals surface area contributed by atoms with Crippen LogP contribution >= 0.6 is 0 Å². The third kappa shape index (κ3) is 3.39. The van der Waals surface area contributed by atoms with Crippen LogP contribution in [0.2, 0.25) is 0 Å². The van der Waals surface area contributed by atoms with Crippen LogP contribution in [-0.2, 0) is 6.42 Å². The van der Waals surface area contributed by atoms with Crippen molar-refractivity contribution >= 4 is 22.7 Å². The van der Waals surface area contributed by atoms with E-state index < -0.39 is 0 Å². The smallest absolute Gasteiger partial charge is 0.163 e. The van der Waals surface area contributed by atoms with Crippen molar-refractivity contribution in [1.82, 2.24) is 10.6 Å². The Morgan fingerprint density at radius 1 is 0.812 bits per heavy atom. The van der Waals surface area contributed by atoms with Gasteiger partial charge in [-0.1, -0.05) is 42.5 Å². The minimum Gasteiger partial charge on any atom is -0.312 e. The van der Waals surface area contributed by atoms with E-state index in [9.17, 15) is 9.59 Å². The van der Waals surface area contributed by atoms with Gasteiger partial charge < -0.3 is 10.6 Å². The van der Waals surface area contributed by atoms with E-state index in [0.29, 0.717) is 12.8 Å². The van der Waals surface area contributed by atoms with Gasteiger partial charge in [-0.2, -0.15) is 0 Å². The molecular weight excluding hydrogens is 396 g/mol. The van der Waals surface area contributed by atoms with Crippen molar-refractivity contribution in [3.8, 4) is 0 Å². The Morgan fingerprint density at radius 2 is 1.66 bits per heavy atom. The first kappa shape index (κ1) is 19.8. The summed E-state index contributed by atoms with van der Waals surface area (Å²) >= 11 is 0. The largest absolute Gasteiger partial charge is 0.312 e. The molecule has 4 nitrogen and oxygen atoms in total. The molecule has 4 aliphatic rings. The van der Waals surface area contributed by atoms with Gasteiger partial charge in [-0.05, 0) is 65.3 Å². The molecule has 0 bridgehead atoms. The first-order chi connectivity index (χ1) is 15.7. The van der Waals surface area contributed by atoms with E-state index in [1.54, 1.807) is 0 Å². The van der Waals surface area contributed by atoms with Gasteiger partial charge >= 0.3 is 0 Å². The van der Waals surface area contributed by atoms with Crippen molar-refractivity contribution < 1.29 is 9.59 Å². The van der Waals surface area contributed by atoms with Crippen LogP contribution in [0.1, 0.15) is 74.6 Å². The number of carbonyl (C=O) groups excluding carboxylic acids is 2. The van der Waals surface area contributed by atoms with Gasteiger partial charge in [-0.15, -0.1) is 0 Å². The Hall–Kier alpha value is -2.82. The molecule has 0 fully saturated rings. The molecule has 2 aliphatic heterocycles. The summed E-state index contributed by atoms with van der Waals surface area (Å²) in [5, 5.41) is 7.14. The van der Waals surface area contributed by atoms with Crippen LogP contribution in [0.15, 0.2) is 48.6 Å². The highest BCUT2D eigenvalue weighted by Crippen LogP contribution is 2.39. The van der Waals surface area contributed by atoms with Crippen molar-refractivity contribution in [3.63, 3.8) is 0 Å². The number of carbonyl (C=O) groups is 2. The van der Waals surface area contributed by atoms with E-state index in [1.807, 2.05) is 6.07 Å². The molecule has 0 saturated carbocycles. The predicted molar refractivity (Wildman–Crippen MR) is 127 cm³/mol. The van der Waals surface area contributed by atoms with Crippen LogP contribution in [-0.4, -0.2) is 37.2 Å². The monoisotopic (exact) mass is 424 g/mol. The van der Waals surface area contributed by atoms with E-state index in [-0.39, 0.29) is 23.5 Å². The standard InChI is InChI=1S/C28H28N2O2/c31-27-10-6-19-12-17(3-7-22(19)27)21-5-9-26(30-16-21)24-14-28(32)25-13-18(4-8-23(24)25)20-2-1-11-29-15-20/h2-5,7-8,12-13,24,26,29-30H,1,6,9-11,14-16H2. The van der Waals surface area contributed by atoms with Crippen molar-refractivity contribution in [2.75, 3.05) is 19.6 Å². The molecule has 2 heterocycles. The summed E-state index contributed by atoms with van der Waals surface area (Å²) in [4.78, 5) is 24.8. The fraction of sp³-hybridized carbons (Fsp3) is 0.357. The Bertz CT molecular complexity index is 1190. The molecule has 32 heavy (non-hydrogen) atoms. The average Bonchev–Trinajstić information content (AvgIpc) is 3.39. The van der Waals surface area contributed by atoms with E-state index in [0.717, 1.165) is 50.0 Å². The van der Waals surface area contributed by atoms with Crippen molar-refractivity contribution in [2.45, 2.75) is 44.1 Å². The van der Waals surface area contributed by atoms with Gasteiger partial charge in [-0.25, -0.2) is 0 Å². The molecule has 2 aliphatic carbocycles. The number of fused-ring (bicyclic) bond motifs is 2. The van der Waals surface area contributed by atoms with E-state index in [2.05, 4.69) is 53.1 Å². The van der Waals surface area contributed by atoms with Gasteiger partial charge in [0, 0.05) is 49.0 Å². The molecule has 0 aromatic heterocycles. The molecule has 2 unspecified atom stereocenters. The highest BCUT2D eigenvalue weighted by Gasteiger charge is 2.35. The number of nitrogens with one attached hydrogen (secondary N) is 2. The van der Waals surface area contributed by atoms with Gasteiger partial charge in [0.2, 0.25) is 0 Å². The Balaban J connectivity index is 1.21. The average molecular weight is 425 g/mol. The van der Waals surface area contributed by atoms with Crippen molar-refractivity contribution in [2.24, 2.45) is 0 Å². The van der Waals surface area contributed by atoms with Gasteiger partial charge in [0.1, 0.15) is 0 Å². The Kier molecular flexibility index (Phi) is 4.93. The van der Waals surface area contributed by atoms with Gasteiger partial charge in [0.15, 0.2) is 11.6 Å². The van der Waals surface area contributed by atoms with Gasteiger partial charge in [0.05, 0.1) is 0 Å². The molecule has 2 aromatic rings. The van der Waals surface area contributed by atoms with Crippen molar-refractivity contribution in [3.05, 3.63) is 81.9 Å². The highest BCUT2D eigenvalue weighted by molar-refractivity contribution is 6.02. The first-order valence-corrected chi connectivity index (χ1v) is 11.8. The van der Waals surface area contributed by atoms with Crippen LogP contribution in [0.25, 0.3) is 11.1 Å². The SMILES string of the molecule is O=C1CCc2cc(C3=CCC(C4CC(=O)c5cc(C6=CCCNC6)ccc54)NC3)ccc21. The topological polar surface area (TPSA) is 58.2 Å². The maximum absolute atomic E-state index is 12.9. The highest BCUT2D eigenvalue weighted by atomic mass is 16.1. The summed E-state index contributed by atoms with van der Waals surface area (Å²) in [5.41, 5.74) is 9.19. The lowest BCUT2D eigenvalue weighted by Gasteiger charge is -2.29. The first-order valence-electron chi connectivity index (χ1n) is 11.8. The zero-order chi connectivity index (χ0) is 21.7. The van der Waals surface area contributed by atoms with E-state index in [1.165, 1.54) is 33.4 Å². The molecule has 2 N–H and O–H groups in total. The molecular formula is C28H28N2O2. The second-order valence-corrected chi connectivity index (χ2v) is 9.48. The second-order valence-electron chi connectivity index (χ2n) is 9.48. The lowest BCUT2D eigenvalue weighted by molar-refractivity contribution is 0.0980. The summed E-state index contributed by atoms with van der Waals surface area (Å²) in [6.45, 7) is 2.71. The number of rotatable bonds is 3. The normalized spacial score (nSPS) is 24.8. The minimum atomic E-state index is 0.237. The number of hydrogen-bond acceptors (Lipinski definition) is 4. The minimum absolute atomic E-state index is 0.237. The van der Waals surface area contributed by atoms with Crippen molar-refractivity contribution in [1.29, 1.82) is 0 Å². The van der Waals surface area contributed by atoms with Gasteiger partial charge in [-0.3, -0.25) is 9.59 Å². The summed E-state index contributed by atoms with van der Waals surface area (Å²) in [5.74, 6) is 0.780. The number of ketones is 2. The molecule has 0 saturated heterocycles. The predicted octanol–water partition coefficient (Wildman–Crippen LogP) is 4.31. The molecule has 0 spiro atoms. The third-order valence-electron chi connectivity index (χ3n) is 7.61. The van der Waals surface area contributed by atoms with E-state index >= 15 is 0 Å². The second kappa shape index (κ2) is 7.95. The maximum atomic E-state index is 12.9. The molecule has 2 atom stereocenters. The zero-order valence-electron chi connectivity index (χ0n) is 18.2. The summed E-state index contributed by atoms with van der Waals surface area (Å²) in [6.07, 6.45) is 8.68. The molecule has 0 amide bonds. The van der Waals surface area contributed by atoms with Crippen LogP contribution in [0.5, 0.6) is 0 Å². The van der Waals surface area contributed by atoms with E-state index in [4.69, 9.17) is 0 Å². The quantitative estimate of drug-likeness (QED) is 0.771. The maximum Gasteiger partial charge on any atom is 0.163 e. The van der Waals surface area contributed by atoms with Crippen LogP contribution in [0.3, 0.4) is 0 Å². The fourth-order valence-electron chi connectivity index (χ4n) is 5.81. The summed E-state index contributed by atoms with van der Waals surface area (Å²) in [7, 11) is 0. The van der Waals surface area contributed by atoms with Crippen LogP contribution in [0.4, 0.5) is 0 Å². The number of benzene rings is 2. The molecule has 162 valence electrons. The lowest BCUT2D eigenvalue weighted by atomic mass is 9.86. The molecule has 0 radical (unpaired) electrons.